The Bertz CT molecular complexity index is 1270. The maximum atomic E-state index is 12.3. The summed E-state index contributed by atoms with van der Waals surface area (Å²) >= 11 is 11.9. The molecule has 3 aromatic rings. The zero-order valence-electron chi connectivity index (χ0n) is 18.1. The Hall–Kier alpha value is -3.95. The first-order valence-corrected chi connectivity index (χ1v) is 11.0. The second-order valence-electron chi connectivity index (χ2n) is 7.09. The van der Waals surface area contributed by atoms with Gasteiger partial charge in [-0.3, -0.25) is 14.9 Å². The fraction of sp³-hybridized carbons (Fsp3) is 0.125. The number of rotatable bonds is 10. The molecular formula is C24H19Cl2N3O6. The zero-order chi connectivity index (χ0) is 25.2. The van der Waals surface area contributed by atoms with Crippen LogP contribution in [0.5, 0.6) is 11.5 Å². The minimum Gasteiger partial charge on any atom is -0.492 e. The van der Waals surface area contributed by atoms with Crippen molar-refractivity contribution in [3.8, 4) is 11.5 Å². The van der Waals surface area contributed by atoms with Crippen LogP contribution in [0.25, 0.3) is 0 Å². The second-order valence-corrected chi connectivity index (χ2v) is 7.93. The summed E-state index contributed by atoms with van der Waals surface area (Å²) in [5, 5.41) is 15.7. The first kappa shape index (κ1) is 25.7. The highest BCUT2D eigenvalue weighted by atomic mass is 35.5. The van der Waals surface area contributed by atoms with Crippen LogP contribution in [0.3, 0.4) is 0 Å². The van der Waals surface area contributed by atoms with E-state index >= 15 is 0 Å². The van der Waals surface area contributed by atoms with Gasteiger partial charge in [0, 0.05) is 23.6 Å². The van der Waals surface area contributed by atoms with Crippen LogP contribution in [-0.2, 0) is 4.79 Å². The van der Waals surface area contributed by atoms with Crippen LogP contribution in [-0.4, -0.2) is 29.6 Å². The quantitative estimate of drug-likeness (QED) is 0.0958. The van der Waals surface area contributed by atoms with Crippen molar-refractivity contribution >= 4 is 47.0 Å². The van der Waals surface area contributed by atoms with Crippen molar-refractivity contribution in [3.63, 3.8) is 0 Å². The number of nitro groups is 1. The minimum absolute atomic E-state index is 0.0489. The molecular weight excluding hydrogens is 497 g/mol. The van der Waals surface area contributed by atoms with Gasteiger partial charge in [0.15, 0.2) is 0 Å². The zero-order valence-corrected chi connectivity index (χ0v) is 19.7. The Labute approximate surface area is 210 Å². The molecule has 0 atom stereocenters. The minimum atomic E-state index is -0.738. The monoisotopic (exact) mass is 515 g/mol. The highest BCUT2D eigenvalue weighted by molar-refractivity contribution is 6.35. The average Bonchev–Trinajstić information content (AvgIpc) is 2.83. The van der Waals surface area contributed by atoms with E-state index in [0.717, 1.165) is 6.07 Å². The highest BCUT2D eigenvalue weighted by Crippen LogP contribution is 2.27. The van der Waals surface area contributed by atoms with Gasteiger partial charge in [-0.05, 0) is 48.4 Å². The largest absolute Gasteiger partial charge is 0.492 e. The summed E-state index contributed by atoms with van der Waals surface area (Å²) in [6.07, 6.45) is 2.03. The van der Waals surface area contributed by atoms with E-state index in [1.807, 2.05) is 0 Å². The van der Waals surface area contributed by atoms with Crippen LogP contribution >= 0.6 is 23.2 Å². The number of hydrogen-bond acceptors (Lipinski definition) is 7. The van der Waals surface area contributed by atoms with Crippen molar-refractivity contribution in [2.75, 3.05) is 6.61 Å². The van der Waals surface area contributed by atoms with Gasteiger partial charge in [0.2, 0.25) is 5.91 Å². The predicted octanol–water partition coefficient (Wildman–Crippen LogP) is 5.43. The number of nitrogens with one attached hydrogen (secondary N) is 1. The topological polar surface area (TPSA) is 120 Å². The average molecular weight is 516 g/mol. The van der Waals surface area contributed by atoms with Gasteiger partial charge >= 0.3 is 5.97 Å². The van der Waals surface area contributed by atoms with Crippen molar-refractivity contribution in [2.24, 2.45) is 5.10 Å². The molecule has 1 amide bonds. The van der Waals surface area contributed by atoms with E-state index in [1.54, 1.807) is 36.4 Å². The molecule has 9 nitrogen and oxygen atoms in total. The van der Waals surface area contributed by atoms with Gasteiger partial charge in [0.25, 0.3) is 5.69 Å². The number of halogens is 2. The van der Waals surface area contributed by atoms with Crippen molar-refractivity contribution < 1.29 is 24.0 Å². The molecule has 0 unspecified atom stereocenters. The number of nitrogens with zero attached hydrogens (tertiary/aromatic N) is 2. The normalized spacial score (nSPS) is 10.7. The maximum Gasteiger partial charge on any atom is 0.343 e. The first-order valence-electron chi connectivity index (χ1n) is 10.3. The van der Waals surface area contributed by atoms with E-state index in [2.05, 4.69) is 10.5 Å². The Balaban J connectivity index is 1.45. The lowest BCUT2D eigenvalue weighted by Crippen LogP contribution is -2.18. The number of benzene rings is 3. The van der Waals surface area contributed by atoms with Crippen molar-refractivity contribution in [1.29, 1.82) is 0 Å². The van der Waals surface area contributed by atoms with Crippen LogP contribution in [0.2, 0.25) is 10.0 Å². The van der Waals surface area contributed by atoms with Gasteiger partial charge in [-0.15, -0.1) is 0 Å². The Kier molecular flexibility index (Phi) is 9.16. The van der Waals surface area contributed by atoms with Gasteiger partial charge in [0.05, 0.1) is 28.3 Å². The number of hydrogen-bond donors (Lipinski definition) is 1. The Morgan fingerprint density at radius 2 is 1.86 bits per heavy atom. The summed E-state index contributed by atoms with van der Waals surface area (Å²) in [5.74, 6) is -0.339. The van der Waals surface area contributed by atoms with E-state index in [-0.39, 0.29) is 35.9 Å². The third kappa shape index (κ3) is 8.09. The van der Waals surface area contributed by atoms with Crippen molar-refractivity contribution in [2.45, 2.75) is 12.8 Å². The van der Waals surface area contributed by atoms with E-state index < -0.39 is 10.9 Å². The molecule has 1 N–H and O–H groups in total. The van der Waals surface area contributed by atoms with Crippen molar-refractivity contribution in [1.82, 2.24) is 5.43 Å². The number of esters is 1. The lowest BCUT2D eigenvalue weighted by atomic mass is 10.2. The molecule has 0 heterocycles. The molecule has 35 heavy (non-hydrogen) atoms. The van der Waals surface area contributed by atoms with Crippen LogP contribution in [0, 0.1) is 10.1 Å². The summed E-state index contributed by atoms with van der Waals surface area (Å²) in [4.78, 5) is 34.5. The van der Waals surface area contributed by atoms with Crippen molar-refractivity contribution in [3.05, 3.63) is 98.0 Å². The number of ether oxygens (including phenoxy) is 2. The van der Waals surface area contributed by atoms with Gasteiger partial charge < -0.3 is 9.47 Å². The molecule has 0 aliphatic rings. The first-order chi connectivity index (χ1) is 16.8. The molecule has 3 aromatic carbocycles. The number of amides is 1. The Morgan fingerprint density at radius 1 is 1.06 bits per heavy atom. The van der Waals surface area contributed by atoms with E-state index in [0.29, 0.717) is 27.8 Å². The van der Waals surface area contributed by atoms with E-state index in [1.165, 1.54) is 30.5 Å². The molecule has 0 aliphatic heterocycles. The van der Waals surface area contributed by atoms with Crippen LogP contribution in [0.15, 0.2) is 71.8 Å². The molecule has 0 spiro atoms. The molecule has 0 fully saturated rings. The predicted molar refractivity (Wildman–Crippen MR) is 131 cm³/mol. The number of nitro benzene ring substituents is 1. The lowest BCUT2D eigenvalue weighted by molar-refractivity contribution is -0.384. The number of hydrazone groups is 1. The smallest absolute Gasteiger partial charge is 0.343 e. The maximum absolute atomic E-state index is 12.3. The molecule has 0 aliphatic carbocycles. The molecule has 0 radical (unpaired) electrons. The fourth-order valence-electron chi connectivity index (χ4n) is 2.81. The van der Waals surface area contributed by atoms with Gasteiger partial charge in [-0.25, -0.2) is 10.2 Å². The molecule has 11 heteroatoms. The standard InChI is InChI=1S/C24H19Cl2N3O6/c25-18-9-10-22(21(26)14-18)34-11-3-8-23(30)28-27-15-16-4-1-7-20(12-16)35-24(31)17-5-2-6-19(13-17)29(32)33/h1-2,4-7,9-10,12-15H,3,8,11H2,(H,28,30). The highest BCUT2D eigenvalue weighted by Gasteiger charge is 2.13. The van der Waals surface area contributed by atoms with Gasteiger partial charge in [-0.2, -0.15) is 5.10 Å². The number of carbonyl (C=O) groups is 2. The van der Waals surface area contributed by atoms with Crippen LogP contribution in [0.1, 0.15) is 28.8 Å². The van der Waals surface area contributed by atoms with Gasteiger partial charge in [0.1, 0.15) is 11.5 Å². The summed E-state index contributed by atoms with van der Waals surface area (Å²) in [6, 6.07) is 16.6. The summed E-state index contributed by atoms with van der Waals surface area (Å²) in [7, 11) is 0. The molecule has 0 aromatic heterocycles. The third-order valence-electron chi connectivity index (χ3n) is 4.46. The van der Waals surface area contributed by atoms with E-state index in [4.69, 9.17) is 32.7 Å². The summed E-state index contributed by atoms with van der Waals surface area (Å²) in [5.41, 5.74) is 2.81. The lowest BCUT2D eigenvalue weighted by Gasteiger charge is -2.07. The third-order valence-corrected chi connectivity index (χ3v) is 4.99. The molecule has 0 saturated carbocycles. The Morgan fingerprint density at radius 3 is 2.63 bits per heavy atom. The summed E-state index contributed by atoms with van der Waals surface area (Å²) in [6.45, 7) is 0.288. The molecule has 3 rings (SSSR count). The van der Waals surface area contributed by atoms with Crippen LogP contribution < -0.4 is 14.9 Å². The van der Waals surface area contributed by atoms with Crippen LogP contribution in [0.4, 0.5) is 5.69 Å². The molecule has 0 bridgehead atoms. The van der Waals surface area contributed by atoms with Gasteiger partial charge in [-0.1, -0.05) is 41.4 Å². The number of carbonyl (C=O) groups excluding carboxylic acids is 2. The van der Waals surface area contributed by atoms with E-state index in [9.17, 15) is 19.7 Å². The fourth-order valence-corrected chi connectivity index (χ4v) is 3.28. The summed E-state index contributed by atoms with van der Waals surface area (Å²) < 4.78 is 10.8. The molecule has 180 valence electrons. The SMILES string of the molecule is O=C(CCCOc1ccc(Cl)cc1Cl)NN=Cc1cccc(OC(=O)c2cccc([N+](=O)[O-])c2)c1. The molecule has 0 saturated heterocycles. The second kappa shape index (κ2) is 12.5. The number of non-ortho nitro benzene ring substituents is 1.